The zero-order valence-electron chi connectivity index (χ0n) is 18.3. The van der Waals surface area contributed by atoms with Crippen molar-refractivity contribution >= 4 is 5.91 Å². The standard InChI is InChI=1S/C26H40N2O/c29-26(27-18-15-23(16-19-27)20-22-10-5-4-6-11-22)24-12-9-17-28(21-24)25-13-7-2-1-3-8-14-25/h4-6,10-11,23-25H,1-3,7-9,12-21H2/p+1/t24-/m1/s1. The van der Waals surface area contributed by atoms with Gasteiger partial charge in [0.2, 0.25) is 5.91 Å². The second kappa shape index (κ2) is 10.6. The number of hydrogen-bond donors (Lipinski definition) is 1. The molecule has 29 heavy (non-hydrogen) atoms. The minimum absolute atomic E-state index is 0.287. The molecule has 1 unspecified atom stereocenters. The third-order valence-corrected chi connectivity index (χ3v) is 7.88. The van der Waals surface area contributed by atoms with E-state index in [1.165, 1.54) is 82.7 Å². The number of amides is 1. The Morgan fingerprint density at radius 3 is 2.28 bits per heavy atom. The molecule has 0 radical (unpaired) electrons. The number of piperidine rings is 2. The maximum atomic E-state index is 13.3. The van der Waals surface area contributed by atoms with Gasteiger partial charge in [0.05, 0.1) is 25.0 Å². The highest BCUT2D eigenvalue weighted by molar-refractivity contribution is 5.79. The summed E-state index contributed by atoms with van der Waals surface area (Å²) in [4.78, 5) is 17.3. The summed E-state index contributed by atoms with van der Waals surface area (Å²) < 4.78 is 0. The molecule has 4 rings (SSSR count). The van der Waals surface area contributed by atoms with Crippen LogP contribution in [0.2, 0.25) is 0 Å². The number of rotatable bonds is 4. The van der Waals surface area contributed by atoms with Crippen molar-refractivity contribution in [1.29, 1.82) is 0 Å². The van der Waals surface area contributed by atoms with Gasteiger partial charge in [-0.25, -0.2) is 0 Å². The van der Waals surface area contributed by atoms with Gasteiger partial charge in [0.1, 0.15) is 0 Å². The van der Waals surface area contributed by atoms with E-state index >= 15 is 0 Å². The fraction of sp³-hybridized carbons (Fsp3) is 0.731. The molecular weight excluding hydrogens is 356 g/mol. The van der Waals surface area contributed by atoms with E-state index in [-0.39, 0.29) is 5.92 Å². The number of nitrogens with one attached hydrogen (secondary N) is 1. The fourth-order valence-electron chi connectivity index (χ4n) is 6.11. The second-order valence-corrected chi connectivity index (χ2v) is 9.95. The van der Waals surface area contributed by atoms with E-state index in [4.69, 9.17) is 0 Å². The molecule has 2 aliphatic heterocycles. The number of carbonyl (C=O) groups excluding carboxylic acids is 1. The van der Waals surface area contributed by atoms with Crippen LogP contribution in [0.1, 0.15) is 76.2 Å². The summed E-state index contributed by atoms with van der Waals surface area (Å²) in [5.74, 6) is 1.51. The minimum atomic E-state index is 0.287. The third kappa shape index (κ3) is 5.84. The Balaban J connectivity index is 1.26. The van der Waals surface area contributed by atoms with Crippen LogP contribution in [0.5, 0.6) is 0 Å². The van der Waals surface area contributed by atoms with Crippen LogP contribution in [0.4, 0.5) is 0 Å². The summed E-state index contributed by atoms with van der Waals surface area (Å²) in [7, 11) is 0. The van der Waals surface area contributed by atoms with Crippen LogP contribution in [-0.2, 0) is 11.2 Å². The van der Waals surface area contributed by atoms with E-state index < -0.39 is 0 Å². The van der Waals surface area contributed by atoms with Crippen molar-refractivity contribution in [2.75, 3.05) is 26.2 Å². The predicted molar refractivity (Wildman–Crippen MR) is 119 cm³/mol. The van der Waals surface area contributed by atoms with Crippen LogP contribution >= 0.6 is 0 Å². The average molecular weight is 398 g/mol. The largest absolute Gasteiger partial charge is 0.342 e. The van der Waals surface area contributed by atoms with Gasteiger partial charge in [-0.2, -0.15) is 0 Å². The zero-order chi connectivity index (χ0) is 19.9. The van der Waals surface area contributed by atoms with Crippen LogP contribution in [0.3, 0.4) is 0 Å². The summed E-state index contributed by atoms with van der Waals surface area (Å²) in [6.45, 7) is 4.36. The van der Waals surface area contributed by atoms with Crippen molar-refractivity contribution in [3.05, 3.63) is 35.9 Å². The van der Waals surface area contributed by atoms with Crippen molar-refractivity contribution in [3.8, 4) is 0 Å². The van der Waals surface area contributed by atoms with Gasteiger partial charge in [-0.05, 0) is 69.3 Å². The van der Waals surface area contributed by atoms with Gasteiger partial charge >= 0.3 is 0 Å². The molecule has 3 aliphatic rings. The summed E-state index contributed by atoms with van der Waals surface area (Å²) in [5.41, 5.74) is 1.45. The molecule has 1 amide bonds. The fourth-order valence-corrected chi connectivity index (χ4v) is 6.11. The highest BCUT2D eigenvalue weighted by Crippen LogP contribution is 2.24. The first-order valence-corrected chi connectivity index (χ1v) is 12.5. The molecule has 1 aromatic carbocycles. The van der Waals surface area contributed by atoms with E-state index in [9.17, 15) is 4.79 Å². The molecule has 2 heterocycles. The molecule has 1 aliphatic carbocycles. The highest BCUT2D eigenvalue weighted by atomic mass is 16.2. The number of benzene rings is 1. The van der Waals surface area contributed by atoms with Crippen molar-refractivity contribution in [2.45, 2.75) is 83.1 Å². The average Bonchev–Trinajstić information content (AvgIpc) is 2.74. The number of likely N-dealkylation sites (tertiary alicyclic amines) is 2. The molecule has 1 N–H and O–H groups in total. The Hall–Kier alpha value is -1.35. The van der Waals surface area contributed by atoms with E-state index in [1.807, 2.05) is 0 Å². The normalized spacial score (nSPS) is 27.9. The maximum Gasteiger partial charge on any atom is 0.231 e. The lowest BCUT2D eigenvalue weighted by Gasteiger charge is -2.39. The van der Waals surface area contributed by atoms with E-state index in [2.05, 4.69) is 35.2 Å². The van der Waals surface area contributed by atoms with E-state index in [0.29, 0.717) is 5.91 Å². The van der Waals surface area contributed by atoms with Crippen LogP contribution < -0.4 is 4.90 Å². The summed E-state index contributed by atoms with van der Waals surface area (Å²) >= 11 is 0. The quantitative estimate of drug-likeness (QED) is 0.819. The first kappa shape index (κ1) is 20.9. The molecule has 0 bridgehead atoms. The Kier molecular flexibility index (Phi) is 7.65. The van der Waals surface area contributed by atoms with Crippen molar-refractivity contribution < 1.29 is 9.69 Å². The van der Waals surface area contributed by atoms with E-state index in [0.717, 1.165) is 38.0 Å². The molecule has 2 atom stereocenters. The van der Waals surface area contributed by atoms with Crippen molar-refractivity contribution in [1.82, 2.24) is 4.90 Å². The molecule has 3 heteroatoms. The molecule has 160 valence electrons. The Labute approximate surface area is 177 Å². The monoisotopic (exact) mass is 397 g/mol. The molecule has 2 saturated heterocycles. The lowest BCUT2D eigenvalue weighted by molar-refractivity contribution is -0.933. The lowest BCUT2D eigenvalue weighted by Crippen LogP contribution is -3.17. The molecular formula is C26H41N2O+. The molecule has 1 saturated carbocycles. The maximum absolute atomic E-state index is 13.3. The number of hydrogen-bond acceptors (Lipinski definition) is 1. The first-order chi connectivity index (χ1) is 14.3. The Morgan fingerprint density at radius 2 is 1.55 bits per heavy atom. The van der Waals surface area contributed by atoms with Crippen LogP contribution in [0.25, 0.3) is 0 Å². The van der Waals surface area contributed by atoms with Crippen LogP contribution in [0.15, 0.2) is 30.3 Å². The van der Waals surface area contributed by atoms with Gasteiger partial charge in [-0.1, -0.05) is 49.6 Å². The van der Waals surface area contributed by atoms with Crippen molar-refractivity contribution in [3.63, 3.8) is 0 Å². The number of carbonyl (C=O) groups is 1. The summed E-state index contributed by atoms with van der Waals surface area (Å²) in [6, 6.07) is 11.7. The highest BCUT2D eigenvalue weighted by Gasteiger charge is 2.36. The van der Waals surface area contributed by atoms with Crippen LogP contribution in [0, 0.1) is 11.8 Å². The summed E-state index contributed by atoms with van der Waals surface area (Å²) in [6.07, 6.45) is 15.7. The SMILES string of the molecule is O=C([C@@H]1CCC[NH+](C2CCCCCCC2)C1)N1CCC(Cc2ccccc2)CC1. The van der Waals surface area contributed by atoms with Crippen molar-refractivity contribution in [2.24, 2.45) is 11.8 Å². The molecule has 0 aromatic heterocycles. The summed E-state index contributed by atoms with van der Waals surface area (Å²) in [5, 5.41) is 0. The molecule has 3 nitrogen and oxygen atoms in total. The van der Waals surface area contributed by atoms with Gasteiger partial charge in [0, 0.05) is 13.1 Å². The van der Waals surface area contributed by atoms with Gasteiger partial charge < -0.3 is 9.80 Å². The van der Waals surface area contributed by atoms with Gasteiger partial charge in [0.25, 0.3) is 0 Å². The first-order valence-electron chi connectivity index (χ1n) is 12.5. The lowest BCUT2D eigenvalue weighted by atomic mass is 9.88. The predicted octanol–water partition coefficient (Wildman–Crippen LogP) is 3.88. The van der Waals surface area contributed by atoms with Crippen LogP contribution in [-0.4, -0.2) is 43.0 Å². The van der Waals surface area contributed by atoms with Gasteiger partial charge in [-0.3, -0.25) is 4.79 Å². The molecule has 0 spiro atoms. The Bertz CT molecular complexity index is 615. The van der Waals surface area contributed by atoms with Gasteiger partial charge in [0.15, 0.2) is 0 Å². The van der Waals surface area contributed by atoms with E-state index in [1.54, 1.807) is 4.90 Å². The Morgan fingerprint density at radius 1 is 0.862 bits per heavy atom. The van der Waals surface area contributed by atoms with Gasteiger partial charge in [-0.15, -0.1) is 0 Å². The second-order valence-electron chi connectivity index (χ2n) is 9.95. The topological polar surface area (TPSA) is 24.8 Å². The third-order valence-electron chi connectivity index (χ3n) is 7.88. The number of nitrogens with zero attached hydrogens (tertiary/aromatic N) is 1. The smallest absolute Gasteiger partial charge is 0.231 e. The molecule has 1 aromatic rings. The number of quaternary nitrogens is 1. The zero-order valence-corrected chi connectivity index (χ0v) is 18.3. The molecule has 3 fully saturated rings. The minimum Gasteiger partial charge on any atom is -0.342 e.